The third-order valence-electron chi connectivity index (χ3n) is 1.97. The summed E-state index contributed by atoms with van der Waals surface area (Å²) in [4.78, 5) is 0. The minimum absolute atomic E-state index is 0.337. The second kappa shape index (κ2) is 4.00. The maximum absolute atomic E-state index is 12.3. The lowest BCUT2D eigenvalue weighted by Crippen LogP contribution is -2.06. The van der Waals surface area contributed by atoms with Crippen LogP contribution in [0.1, 0.15) is 16.7 Å². The molecule has 1 rings (SSSR count). The maximum Gasteiger partial charge on any atom is 0.416 e. The molecule has 1 nitrogen and oxygen atoms in total. The van der Waals surface area contributed by atoms with Gasteiger partial charge in [0.05, 0.1) is 12.2 Å². The van der Waals surface area contributed by atoms with Crippen LogP contribution in [0, 0.1) is 6.92 Å². The molecule has 0 unspecified atom stereocenters. The molecule has 78 valence electrons. The van der Waals surface area contributed by atoms with Gasteiger partial charge in [-0.2, -0.15) is 13.2 Å². The molecule has 0 aromatic heterocycles. The van der Waals surface area contributed by atoms with Crippen LogP contribution in [0.15, 0.2) is 18.2 Å². The van der Waals surface area contributed by atoms with E-state index in [1.165, 1.54) is 13.2 Å². The summed E-state index contributed by atoms with van der Waals surface area (Å²) in [6, 6.07) is 3.65. The monoisotopic (exact) mass is 204 g/mol. The Balaban J connectivity index is 3.01. The van der Waals surface area contributed by atoms with E-state index in [1.54, 1.807) is 6.92 Å². The van der Waals surface area contributed by atoms with Gasteiger partial charge in [0.2, 0.25) is 0 Å². The highest BCUT2D eigenvalue weighted by Gasteiger charge is 2.30. The van der Waals surface area contributed by atoms with Crippen LogP contribution in [0.25, 0.3) is 0 Å². The summed E-state index contributed by atoms with van der Waals surface area (Å²) >= 11 is 0. The van der Waals surface area contributed by atoms with Crippen molar-refractivity contribution in [2.24, 2.45) is 0 Å². The van der Waals surface area contributed by atoms with E-state index >= 15 is 0 Å². The topological polar surface area (TPSA) is 9.23 Å². The van der Waals surface area contributed by atoms with Gasteiger partial charge in [0.1, 0.15) is 0 Å². The van der Waals surface area contributed by atoms with E-state index in [4.69, 9.17) is 4.74 Å². The fourth-order valence-corrected chi connectivity index (χ4v) is 1.19. The lowest BCUT2D eigenvalue weighted by Gasteiger charge is -2.10. The summed E-state index contributed by atoms with van der Waals surface area (Å²) in [7, 11) is 1.51. The lowest BCUT2D eigenvalue weighted by atomic mass is 10.1. The zero-order valence-electron chi connectivity index (χ0n) is 7.98. The summed E-state index contributed by atoms with van der Waals surface area (Å²) in [5, 5.41) is 0. The van der Waals surface area contributed by atoms with Crippen molar-refractivity contribution in [1.82, 2.24) is 0 Å². The first-order valence-corrected chi connectivity index (χ1v) is 4.11. The first-order valence-electron chi connectivity index (χ1n) is 4.11. The second-order valence-electron chi connectivity index (χ2n) is 3.07. The highest BCUT2D eigenvalue weighted by Crippen LogP contribution is 2.30. The molecule has 0 amide bonds. The number of hydrogen-bond acceptors (Lipinski definition) is 1. The Morgan fingerprint density at radius 1 is 1.29 bits per heavy atom. The molecule has 0 aliphatic heterocycles. The Labute approximate surface area is 80.5 Å². The number of aryl methyl sites for hydroxylation is 1. The van der Waals surface area contributed by atoms with Gasteiger partial charge < -0.3 is 4.74 Å². The molecule has 14 heavy (non-hydrogen) atoms. The van der Waals surface area contributed by atoms with Gasteiger partial charge >= 0.3 is 6.18 Å². The third-order valence-corrected chi connectivity index (χ3v) is 1.97. The van der Waals surface area contributed by atoms with Crippen molar-refractivity contribution < 1.29 is 17.9 Å². The zero-order valence-corrected chi connectivity index (χ0v) is 7.98. The first-order chi connectivity index (χ1) is 6.45. The largest absolute Gasteiger partial charge is 0.416 e. The average molecular weight is 204 g/mol. The molecule has 0 saturated carbocycles. The Bertz CT molecular complexity index is 318. The summed E-state index contributed by atoms with van der Waals surface area (Å²) in [6.07, 6.45) is -4.27. The van der Waals surface area contributed by atoms with Crippen molar-refractivity contribution in [3.63, 3.8) is 0 Å². The molecular formula is C10H11F3O. The summed E-state index contributed by atoms with van der Waals surface area (Å²) in [5.41, 5.74) is 0.761. The molecule has 0 atom stereocenters. The predicted octanol–water partition coefficient (Wildman–Crippen LogP) is 3.16. The van der Waals surface area contributed by atoms with E-state index in [0.29, 0.717) is 12.2 Å². The molecule has 4 heteroatoms. The van der Waals surface area contributed by atoms with Crippen molar-refractivity contribution in [3.8, 4) is 0 Å². The summed E-state index contributed by atoms with van der Waals surface area (Å²) in [5.74, 6) is 0. The molecule has 0 N–H and O–H groups in total. The van der Waals surface area contributed by atoms with E-state index in [-0.39, 0.29) is 0 Å². The molecule has 1 aromatic carbocycles. The SMILES string of the molecule is COCc1ccc(C(F)(F)F)cc1C. The fourth-order valence-electron chi connectivity index (χ4n) is 1.19. The number of rotatable bonds is 2. The Morgan fingerprint density at radius 2 is 1.93 bits per heavy atom. The highest BCUT2D eigenvalue weighted by molar-refractivity contribution is 5.32. The minimum Gasteiger partial charge on any atom is -0.380 e. The van der Waals surface area contributed by atoms with Crippen LogP contribution < -0.4 is 0 Å². The van der Waals surface area contributed by atoms with Gasteiger partial charge in [0, 0.05) is 7.11 Å². The third kappa shape index (κ3) is 2.48. The molecular weight excluding hydrogens is 193 g/mol. The first kappa shape index (κ1) is 11.0. The molecule has 0 saturated heterocycles. The predicted molar refractivity (Wildman–Crippen MR) is 46.9 cm³/mol. The van der Waals surface area contributed by atoms with Crippen molar-refractivity contribution >= 4 is 0 Å². The molecule has 1 aromatic rings. The van der Waals surface area contributed by atoms with Gasteiger partial charge in [-0.15, -0.1) is 0 Å². The van der Waals surface area contributed by atoms with Crippen LogP contribution in [-0.2, 0) is 17.5 Å². The Kier molecular flexibility index (Phi) is 3.16. The van der Waals surface area contributed by atoms with E-state index in [0.717, 1.165) is 17.7 Å². The highest BCUT2D eigenvalue weighted by atomic mass is 19.4. The smallest absolute Gasteiger partial charge is 0.380 e. The van der Waals surface area contributed by atoms with E-state index in [9.17, 15) is 13.2 Å². The molecule has 0 aliphatic carbocycles. The number of halogens is 3. The van der Waals surface area contributed by atoms with Crippen molar-refractivity contribution in [3.05, 3.63) is 34.9 Å². The zero-order chi connectivity index (χ0) is 10.8. The summed E-state index contributed by atoms with van der Waals surface area (Å²) < 4.78 is 41.6. The quantitative estimate of drug-likeness (QED) is 0.719. The van der Waals surface area contributed by atoms with Crippen LogP contribution in [0.4, 0.5) is 13.2 Å². The lowest BCUT2D eigenvalue weighted by molar-refractivity contribution is -0.137. The molecule has 0 heterocycles. The van der Waals surface area contributed by atoms with Gasteiger partial charge in [0.15, 0.2) is 0 Å². The molecule has 0 fully saturated rings. The number of alkyl halides is 3. The van der Waals surface area contributed by atoms with Gasteiger partial charge in [-0.1, -0.05) is 6.07 Å². The van der Waals surface area contributed by atoms with Gasteiger partial charge in [0.25, 0.3) is 0 Å². The van der Waals surface area contributed by atoms with Crippen molar-refractivity contribution in [2.75, 3.05) is 7.11 Å². The van der Waals surface area contributed by atoms with Crippen LogP contribution >= 0.6 is 0 Å². The van der Waals surface area contributed by atoms with Gasteiger partial charge in [-0.3, -0.25) is 0 Å². The molecule has 0 aliphatic rings. The van der Waals surface area contributed by atoms with E-state index < -0.39 is 11.7 Å². The van der Waals surface area contributed by atoms with Crippen molar-refractivity contribution in [2.45, 2.75) is 19.7 Å². The van der Waals surface area contributed by atoms with Crippen molar-refractivity contribution in [1.29, 1.82) is 0 Å². The molecule has 0 spiro atoms. The standard InChI is InChI=1S/C10H11F3O/c1-7-5-9(10(11,12)13)4-3-8(7)6-14-2/h3-5H,6H2,1-2H3. The normalized spacial score (nSPS) is 11.8. The van der Waals surface area contributed by atoms with Gasteiger partial charge in [-0.25, -0.2) is 0 Å². The van der Waals surface area contributed by atoms with Crippen LogP contribution in [-0.4, -0.2) is 7.11 Å². The number of methoxy groups -OCH3 is 1. The minimum atomic E-state index is -4.27. The van der Waals surface area contributed by atoms with Crippen LogP contribution in [0.2, 0.25) is 0 Å². The second-order valence-corrected chi connectivity index (χ2v) is 3.07. The maximum atomic E-state index is 12.3. The Hall–Kier alpha value is -1.03. The molecule has 0 radical (unpaired) electrons. The Morgan fingerprint density at radius 3 is 2.36 bits per heavy atom. The van der Waals surface area contributed by atoms with E-state index in [2.05, 4.69) is 0 Å². The number of ether oxygens (including phenoxy) is 1. The van der Waals surface area contributed by atoms with E-state index in [1.807, 2.05) is 0 Å². The fraction of sp³-hybridized carbons (Fsp3) is 0.400. The summed E-state index contributed by atoms with van der Waals surface area (Å²) in [6.45, 7) is 1.98. The average Bonchev–Trinajstić information content (AvgIpc) is 2.07. The van der Waals surface area contributed by atoms with Gasteiger partial charge in [-0.05, 0) is 30.2 Å². The molecule has 0 bridgehead atoms. The van der Waals surface area contributed by atoms with Crippen LogP contribution in [0.5, 0.6) is 0 Å². The number of hydrogen-bond donors (Lipinski definition) is 0. The number of benzene rings is 1. The van der Waals surface area contributed by atoms with Crippen LogP contribution in [0.3, 0.4) is 0 Å².